The van der Waals surface area contributed by atoms with E-state index in [-0.39, 0.29) is 23.5 Å². The Morgan fingerprint density at radius 1 is 1.17 bits per heavy atom. The van der Waals surface area contributed by atoms with Crippen molar-refractivity contribution in [1.82, 2.24) is 25.0 Å². The molecule has 0 atom stereocenters. The number of nitrogens with one attached hydrogen (secondary N) is 2. The van der Waals surface area contributed by atoms with Gasteiger partial charge in [-0.2, -0.15) is 5.10 Å². The van der Waals surface area contributed by atoms with Crippen LogP contribution >= 0.6 is 12.2 Å². The molecule has 0 radical (unpaired) electrons. The molecule has 2 N–H and O–H groups in total. The van der Waals surface area contributed by atoms with E-state index in [2.05, 4.69) is 20.4 Å². The molecule has 186 valence electrons. The minimum Gasteiger partial charge on any atom is -0.497 e. The van der Waals surface area contributed by atoms with Crippen LogP contribution in [0.1, 0.15) is 24.8 Å². The van der Waals surface area contributed by atoms with E-state index in [1.54, 1.807) is 13.2 Å². The molecule has 2 aromatic carbocycles. The van der Waals surface area contributed by atoms with Crippen LogP contribution in [-0.4, -0.2) is 58.9 Å². The lowest BCUT2D eigenvalue weighted by Gasteiger charge is -2.32. The predicted octanol–water partition coefficient (Wildman–Crippen LogP) is 3.93. The Morgan fingerprint density at radius 3 is 2.57 bits per heavy atom. The molecular weight excluding hydrogens is 469 g/mol. The fraction of sp³-hybridized carbons (Fsp3) is 0.400. The first-order valence-corrected chi connectivity index (χ1v) is 12.0. The lowest BCUT2D eigenvalue weighted by Crippen LogP contribution is -2.44. The third-order valence-corrected chi connectivity index (χ3v) is 6.56. The Hall–Kier alpha value is -3.24. The normalized spacial score (nSPS) is 14.6. The van der Waals surface area contributed by atoms with E-state index in [0.717, 1.165) is 42.8 Å². The van der Waals surface area contributed by atoms with Crippen LogP contribution in [0.2, 0.25) is 0 Å². The number of aromatic amines is 1. The molecule has 1 aliphatic heterocycles. The quantitative estimate of drug-likeness (QED) is 0.434. The van der Waals surface area contributed by atoms with E-state index >= 15 is 0 Å². The van der Waals surface area contributed by atoms with E-state index in [4.69, 9.17) is 21.7 Å². The molecule has 1 fully saturated rings. The van der Waals surface area contributed by atoms with Gasteiger partial charge in [0.2, 0.25) is 5.91 Å². The maximum atomic E-state index is 14.0. The molecule has 1 aromatic heterocycles. The Kier molecular flexibility index (Phi) is 8.14. The van der Waals surface area contributed by atoms with Gasteiger partial charge in [-0.3, -0.25) is 19.4 Å². The third-order valence-electron chi connectivity index (χ3n) is 6.24. The molecular formula is C25H30FN5O3S. The number of H-pyrrole nitrogens is 1. The Bertz CT molecular complexity index is 1200. The number of ether oxygens (including phenoxy) is 2. The summed E-state index contributed by atoms with van der Waals surface area (Å²) in [6.07, 6.45) is 2.02. The van der Waals surface area contributed by atoms with E-state index in [9.17, 15) is 9.18 Å². The minimum absolute atomic E-state index is 0.00976. The van der Waals surface area contributed by atoms with Gasteiger partial charge in [-0.1, -0.05) is 6.07 Å². The summed E-state index contributed by atoms with van der Waals surface area (Å²) in [5, 5.41) is 10.3. The summed E-state index contributed by atoms with van der Waals surface area (Å²) < 4.78 is 26.5. The van der Waals surface area contributed by atoms with Crippen LogP contribution in [0.15, 0.2) is 42.5 Å². The first-order chi connectivity index (χ1) is 17.0. The number of piperidine rings is 1. The molecule has 0 aliphatic carbocycles. The van der Waals surface area contributed by atoms with Gasteiger partial charge < -0.3 is 14.8 Å². The second-order valence-corrected chi connectivity index (χ2v) is 8.96. The molecule has 4 rings (SSSR count). The summed E-state index contributed by atoms with van der Waals surface area (Å²) in [4.78, 5) is 14.9. The van der Waals surface area contributed by atoms with Gasteiger partial charge in [-0.15, -0.1) is 0 Å². The SMILES string of the molecule is COc1ccc(-c2n[nH]c(=S)n2CCC(=O)NC2CCN(Cc3ccc(OC)c(F)c3)CC2)cc1. The second kappa shape index (κ2) is 11.5. The van der Waals surface area contributed by atoms with Crippen molar-refractivity contribution >= 4 is 18.1 Å². The first kappa shape index (κ1) is 24.9. The van der Waals surface area contributed by atoms with Gasteiger partial charge in [-0.05, 0) is 67.0 Å². The molecule has 1 saturated heterocycles. The fourth-order valence-electron chi connectivity index (χ4n) is 4.30. The van der Waals surface area contributed by atoms with Gasteiger partial charge in [0.1, 0.15) is 5.75 Å². The van der Waals surface area contributed by atoms with Crippen molar-refractivity contribution in [1.29, 1.82) is 0 Å². The number of halogens is 1. The topological polar surface area (TPSA) is 84.4 Å². The Morgan fingerprint density at radius 2 is 1.91 bits per heavy atom. The van der Waals surface area contributed by atoms with Gasteiger partial charge >= 0.3 is 0 Å². The molecule has 1 aliphatic rings. The van der Waals surface area contributed by atoms with E-state index in [0.29, 0.717) is 30.1 Å². The molecule has 0 saturated carbocycles. The number of methoxy groups -OCH3 is 2. The predicted molar refractivity (Wildman–Crippen MR) is 133 cm³/mol. The number of aromatic nitrogens is 3. The average molecular weight is 500 g/mol. The van der Waals surface area contributed by atoms with Crippen molar-refractivity contribution in [2.45, 2.75) is 38.4 Å². The number of carbonyl (C=O) groups is 1. The summed E-state index contributed by atoms with van der Waals surface area (Å²) in [5.74, 6) is 1.34. The van der Waals surface area contributed by atoms with Crippen LogP contribution in [0.5, 0.6) is 11.5 Å². The van der Waals surface area contributed by atoms with Gasteiger partial charge in [0.05, 0.1) is 14.2 Å². The number of carbonyl (C=O) groups excluding carboxylic acids is 1. The number of amides is 1. The molecule has 0 unspecified atom stereocenters. The average Bonchev–Trinajstić information content (AvgIpc) is 3.24. The smallest absolute Gasteiger partial charge is 0.222 e. The molecule has 1 amide bonds. The number of hydrogen-bond donors (Lipinski definition) is 2. The Balaban J connectivity index is 1.25. The monoisotopic (exact) mass is 499 g/mol. The fourth-order valence-corrected chi connectivity index (χ4v) is 4.52. The number of rotatable bonds is 9. The van der Waals surface area contributed by atoms with Crippen LogP contribution in [-0.2, 0) is 17.9 Å². The van der Waals surface area contributed by atoms with Gasteiger partial charge in [0.25, 0.3) is 0 Å². The van der Waals surface area contributed by atoms with E-state index < -0.39 is 0 Å². The molecule has 2 heterocycles. The van der Waals surface area contributed by atoms with Crippen molar-refractivity contribution in [3.63, 3.8) is 0 Å². The molecule has 10 heteroatoms. The van der Waals surface area contributed by atoms with Crippen molar-refractivity contribution in [2.75, 3.05) is 27.3 Å². The lowest BCUT2D eigenvalue weighted by atomic mass is 10.0. The summed E-state index contributed by atoms with van der Waals surface area (Å²) >= 11 is 5.38. The van der Waals surface area contributed by atoms with Crippen LogP contribution in [0.3, 0.4) is 0 Å². The second-order valence-electron chi connectivity index (χ2n) is 8.57. The number of nitrogens with zero attached hydrogens (tertiary/aromatic N) is 3. The molecule has 0 bridgehead atoms. The Labute approximate surface area is 209 Å². The highest BCUT2D eigenvalue weighted by molar-refractivity contribution is 7.71. The van der Waals surface area contributed by atoms with Crippen molar-refractivity contribution < 1.29 is 18.7 Å². The maximum absolute atomic E-state index is 14.0. The lowest BCUT2D eigenvalue weighted by molar-refractivity contribution is -0.122. The highest BCUT2D eigenvalue weighted by Crippen LogP contribution is 2.22. The molecule has 35 heavy (non-hydrogen) atoms. The largest absolute Gasteiger partial charge is 0.497 e. The van der Waals surface area contributed by atoms with Crippen molar-refractivity contribution in [3.05, 3.63) is 58.6 Å². The highest BCUT2D eigenvalue weighted by atomic mass is 32.1. The molecule has 3 aromatic rings. The molecule has 8 nitrogen and oxygen atoms in total. The minimum atomic E-state index is -0.347. The van der Waals surface area contributed by atoms with Gasteiger partial charge in [0.15, 0.2) is 22.2 Å². The van der Waals surface area contributed by atoms with Gasteiger partial charge in [0, 0.05) is 44.2 Å². The molecule has 0 spiro atoms. The van der Waals surface area contributed by atoms with Crippen LogP contribution in [0.25, 0.3) is 11.4 Å². The van der Waals surface area contributed by atoms with E-state index in [1.807, 2.05) is 34.9 Å². The highest BCUT2D eigenvalue weighted by Gasteiger charge is 2.21. The van der Waals surface area contributed by atoms with Gasteiger partial charge in [-0.25, -0.2) is 4.39 Å². The summed E-state index contributed by atoms with van der Waals surface area (Å²) in [6.45, 7) is 2.79. The summed E-state index contributed by atoms with van der Waals surface area (Å²) in [5.41, 5.74) is 1.80. The zero-order valence-electron chi connectivity index (χ0n) is 19.9. The first-order valence-electron chi connectivity index (χ1n) is 11.6. The maximum Gasteiger partial charge on any atom is 0.222 e. The number of benzene rings is 2. The number of hydrogen-bond acceptors (Lipinski definition) is 6. The summed E-state index contributed by atoms with van der Waals surface area (Å²) in [7, 11) is 3.08. The summed E-state index contributed by atoms with van der Waals surface area (Å²) in [6, 6.07) is 12.7. The van der Waals surface area contributed by atoms with E-state index in [1.165, 1.54) is 13.2 Å². The number of likely N-dealkylation sites (tertiary alicyclic amines) is 1. The van der Waals surface area contributed by atoms with Crippen LogP contribution in [0, 0.1) is 10.6 Å². The van der Waals surface area contributed by atoms with Crippen LogP contribution in [0.4, 0.5) is 4.39 Å². The van der Waals surface area contributed by atoms with Crippen molar-refractivity contribution in [3.8, 4) is 22.9 Å². The third kappa shape index (κ3) is 6.26. The van der Waals surface area contributed by atoms with Crippen LogP contribution < -0.4 is 14.8 Å². The van der Waals surface area contributed by atoms with Crippen molar-refractivity contribution in [2.24, 2.45) is 0 Å². The zero-order valence-corrected chi connectivity index (χ0v) is 20.7. The zero-order chi connectivity index (χ0) is 24.8. The standard InChI is InChI=1S/C25H30FN5O3S/c1-33-20-6-4-18(5-7-20)24-28-29-25(35)31(24)14-11-23(32)27-19-9-12-30(13-10-19)16-17-3-8-22(34-2)21(26)15-17/h3-8,15,19H,9-14,16H2,1-2H3,(H,27,32)(H,29,35).